The summed E-state index contributed by atoms with van der Waals surface area (Å²) < 4.78 is 26.9. The van der Waals surface area contributed by atoms with Crippen LogP contribution in [0.25, 0.3) is 16.9 Å². The van der Waals surface area contributed by atoms with Gasteiger partial charge in [0.1, 0.15) is 4.21 Å². The lowest BCUT2D eigenvalue weighted by molar-refractivity contribution is 0.598. The van der Waals surface area contributed by atoms with Gasteiger partial charge in [0.25, 0.3) is 5.56 Å². The van der Waals surface area contributed by atoms with E-state index in [4.69, 9.17) is 11.6 Å². The lowest BCUT2D eigenvalue weighted by Gasteiger charge is -2.10. The first kappa shape index (κ1) is 17.5. The van der Waals surface area contributed by atoms with Crippen molar-refractivity contribution >= 4 is 32.8 Å². The van der Waals surface area contributed by atoms with Crippen molar-refractivity contribution in [2.75, 3.05) is 5.75 Å². The monoisotopic (exact) mass is 406 g/mol. The van der Waals surface area contributed by atoms with E-state index < -0.39 is 9.84 Å². The average Bonchev–Trinajstić information content (AvgIpc) is 3.03. The molecule has 0 fully saturated rings. The maximum absolute atomic E-state index is 12.7. The SMILES string of the molecule is CCc1cc2c(s1)S(=O)(=O)CCc1cc(=O)n(-c3ccc(Cl)cc3)nc1-2. The number of hydrogen-bond acceptors (Lipinski definition) is 5. The van der Waals surface area contributed by atoms with Crippen LogP contribution in [0.2, 0.25) is 5.02 Å². The van der Waals surface area contributed by atoms with Crippen molar-refractivity contribution in [3.8, 4) is 16.9 Å². The standard InChI is InChI=1S/C18H15ClN2O3S2/c1-2-14-10-15-17-11(7-8-26(23,24)18(15)25-14)9-16(22)21(20-17)13-5-3-12(19)4-6-13/h3-6,9-10H,2,7-8H2,1H3. The number of rotatable bonds is 2. The fourth-order valence-corrected chi connectivity index (χ4v) is 6.20. The molecule has 1 aliphatic heterocycles. The Bertz CT molecular complexity index is 1160. The smallest absolute Gasteiger partial charge is 0.267 e. The summed E-state index contributed by atoms with van der Waals surface area (Å²) in [5.41, 5.74) is 2.12. The molecule has 3 aromatic rings. The van der Waals surface area contributed by atoms with Crippen molar-refractivity contribution in [3.63, 3.8) is 0 Å². The summed E-state index contributed by atoms with van der Waals surface area (Å²) in [6.45, 7) is 1.99. The Labute approximate surface area is 159 Å². The molecule has 0 aliphatic carbocycles. The molecule has 26 heavy (non-hydrogen) atoms. The van der Waals surface area contributed by atoms with Crippen LogP contribution in [0.4, 0.5) is 0 Å². The van der Waals surface area contributed by atoms with E-state index in [1.165, 1.54) is 22.1 Å². The highest BCUT2D eigenvalue weighted by Gasteiger charge is 2.29. The average molecular weight is 407 g/mol. The Morgan fingerprint density at radius 1 is 1.23 bits per heavy atom. The molecule has 4 rings (SSSR count). The van der Waals surface area contributed by atoms with E-state index in [0.717, 1.165) is 11.3 Å². The van der Waals surface area contributed by atoms with Gasteiger partial charge in [-0.25, -0.2) is 8.42 Å². The summed E-state index contributed by atoms with van der Waals surface area (Å²) in [5, 5.41) is 5.10. The van der Waals surface area contributed by atoms with Crippen molar-refractivity contribution in [2.24, 2.45) is 0 Å². The quantitative estimate of drug-likeness (QED) is 0.653. The lowest BCUT2D eigenvalue weighted by Crippen LogP contribution is -2.22. The fraction of sp³-hybridized carbons (Fsp3) is 0.222. The highest BCUT2D eigenvalue weighted by molar-refractivity contribution is 7.93. The number of nitrogens with zero attached hydrogens (tertiary/aromatic N) is 2. The molecule has 1 aliphatic rings. The van der Waals surface area contributed by atoms with Crippen molar-refractivity contribution < 1.29 is 8.42 Å². The maximum Gasteiger partial charge on any atom is 0.271 e. The second kappa shape index (κ2) is 6.33. The molecular weight excluding hydrogens is 392 g/mol. The summed E-state index contributed by atoms with van der Waals surface area (Å²) in [6, 6.07) is 10.2. The van der Waals surface area contributed by atoms with Crippen molar-refractivity contribution in [3.05, 3.63) is 62.2 Å². The van der Waals surface area contributed by atoms with Gasteiger partial charge in [0.15, 0.2) is 9.84 Å². The highest BCUT2D eigenvalue weighted by Crippen LogP contribution is 2.39. The van der Waals surface area contributed by atoms with Crippen LogP contribution in [-0.2, 0) is 22.7 Å². The summed E-state index contributed by atoms with van der Waals surface area (Å²) in [5.74, 6) is -0.0112. The molecule has 0 unspecified atom stereocenters. The number of halogens is 1. The maximum atomic E-state index is 12.7. The zero-order valence-electron chi connectivity index (χ0n) is 13.9. The number of thiophene rings is 1. The first-order chi connectivity index (χ1) is 12.4. The summed E-state index contributed by atoms with van der Waals surface area (Å²) in [7, 11) is -3.38. The van der Waals surface area contributed by atoms with Gasteiger partial charge >= 0.3 is 0 Å². The Morgan fingerprint density at radius 2 is 1.96 bits per heavy atom. The molecule has 3 heterocycles. The summed E-state index contributed by atoms with van der Waals surface area (Å²) in [6.07, 6.45) is 1.03. The van der Waals surface area contributed by atoms with Gasteiger partial charge in [0.05, 0.1) is 17.1 Å². The number of benzene rings is 1. The molecule has 0 bridgehead atoms. The zero-order valence-corrected chi connectivity index (χ0v) is 16.3. The number of aryl methyl sites for hydroxylation is 2. The Hall–Kier alpha value is -1.96. The number of aromatic nitrogens is 2. The minimum Gasteiger partial charge on any atom is -0.267 e. The van der Waals surface area contributed by atoms with Gasteiger partial charge in [-0.2, -0.15) is 9.78 Å². The molecule has 1 aromatic carbocycles. The van der Waals surface area contributed by atoms with Crippen LogP contribution in [0, 0.1) is 0 Å². The third-order valence-corrected chi connectivity index (χ3v) is 8.22. The molecule has 0 atom stereocenters. The second-order valence-electron chi connectivity index (χ2n) is 6.08. The van der Waals surface area contributed by atoms with Gasteiger partial charge in [0, 0.05) is 21.5 Å². The number of sulfone groups is 1. The van der Waals surface area contributed by atoms with Crippen molar-refractivity contribution in [1.29, 1.82) is 0 Å². The lowest BCUT2D eigenvalue weighted by atomic mass is 10.1. The van der Waals surface area contributed by atoms with E-state index in [9.17, 15) is 13.2 Å². The van der Waals surface area contributed by atoms with Gasteiger partial charge in [-0.15, -0.1) is 11.3 Å². The third kappa shape index (κ3) is 2.90. The predicted octanol–water partition coefficient (Wildman–Crippen LogP) is 3.51. The van der Waals surface area contributed by atoms with Gasteiger partial charge in [0.2, 0.25) is 0 Å². The first-order valence-electron chi connectivity index (χ1n) is 8.14. The molecule has 0 spiro atoms. The molecule has 0 saturated heterocycles. The van der Waals surface area contributed by atoms with Crippen molar-refractivity contribution in [1.82, 2.24) is 9.78 Å². The molecule has 0 radical (unpaired) electrons. The summed E-state index contributed by atoms with van der Waals surface area (Å²) >= 11 is 7.21. The normalized spacial score (nSPS) is 15.2. The van der Waals surface area contributed by atoms with Gasteiger partial charge in [-0.05, 0) is 48.7 Å². The van der Waals surface area contributed by atoms with Crippen LogP contribution in [0.15, 0.2) is 45.4 Å². The van der Waals surface area contributed by atoms with Gasteiger partial charge < -0.3 is 0 Å². The Morgan fingerprint density at radius 3 is 2.65 bits per heavy atom. The van der Waals surface area contributed by atoms with Crippen LogP contribution >= 0.6 is 22.9 Å². The van der Waals surface area contributed by atoms with E-state index in [0.29, 0.717) is 31.7 Å². The minimum atomic E-state index is -3.38. The molecule has 0 saturated carbocycles. The van der Waals surface area contributed by atoms with E-state index in [1.54, 1.807) is 24.3 Å². The Balaban J connectivity index is 1.99. The molecule has 0 N–H and O–H groups in total. The summed E-state index contributed by atoms with van der Waals surface area (Å²) in [4.78, 5) is 13.5. The minimum absolute atomic E-state index is 0.0112. The first-order valence-corrected chi connectivity index (χ1v) is 11.0. The molecule has 134 valence electrons. The van der Waals surface area contributed by atoms with E-state index in [2.05, 4.69) is 5.10 Å². The van der Waals surface area contributed by atoms with Crippen LogP contribution < -0.4 is 5.56 Å². The topological polar surface area (TPSA) is 69.0 Å². The van der Waals surface area contributed by atoms with E-state index >= 15 is 0 Å². The van der Waals surface area contributed by atoms with Gasteiger partial charge in [-0.1, -0.05) is 18.5 Å². The van der Waals surface area contributed by atoms with E-state index in [-0.39, 0.29) is 17.7 Å². The molecule has 0 amide bonds. The predicted molar refractivity (Wildman–Crippen MR) is 103 cm³/mol. The number of fused-ring (bicyclic) bond motifs is 3. The molecular formula is C18H15ClN2O3S2. The largest absolute Gasteiger partial charge is 0.271 e. The fourth-order valence-electron chi connectivity index (χ4n) is 3.01. The van der Waals surface area contributed by atoms with Crippen LogP contribution in [0.3, 0.4) is 0 Å². The zero-order chi connectivity index (χ0) is 18.5. The van der Waals surface area contributed by atoms with Gasteiger partial charge in [-0.3, -0.25) is 4.79 Å². The molecule has 8 heteroatoms. The van der Waals surface area contributed by atoms with Crippen LogP contribution in [0.5, 0.6) is 0 Å². The van der Waals surface area contributed by atoms with E-state index in [1.807, 2.05) is 13.0 Å². The van der Waals surface area contributed by atoms with Crippen LogP contribution in [-0.4, -0.2) is 24.0 Å². The van der Waals surface area contributed by atoms with Crippen molar-refractivity contribution in [2.45, 2.75) is 24.0 Å². The second-order valence-corrected chi connectivity index (χ2v) is 9.96. The third-order valence-electron chi connectivity index (χ3n) is 4.36. The van der Waals surface area contributed by atoms with Crippen LogP contribution in [0.1, 0.15) is 17.4 Å². The Kier molecular flexibility index (Phi) is 4.25. The molecule has 2 aromatic heterocycles. The number of hydrogen-bond donors (Lipinski definition) is 0. The highest BCUT2D eigenvalue weighted by atomic mass is 35.5. The molecule has 5 nitrogen and oxygen atoms in total.